The predicted molar refractivity (Wildman–Crippen MR) is 70.0 cm³/mol. The Morgan fingerprint density at radius 3 is 2.78 bits per heavy atom. The second-order valence-corrected chi connectivity index (χ2v) is 5.04. The third-order valence-corrected chi connectivity index (χ3v) is 3.37. The molecule has 6 heteroatoms. The number of nitrogens with two attached hydrogens (primary N) is 1. The zero-order chi connectivity index (χ0) is 13.1. The smallest absolute Gasteiger partial charge is 0.241 e. The number of rotatable bonds is 3. The Morgan fingerprint density at radius 2 is 2.22 bits per heavy atom. The summed E-state index contributed by atoms with van der Waals surface area (Å²) in [5.74, 6) is 0.495. The Balaban J connectivity index is 1.81. The zero-order valence-electron chi connectivity index (χ0n) is 11.0. The van der Waals surface area contributed by atoms with Gasteiger partial charge < -0.3 is 16.0 Å². The number of anilines is 1. The summed E-state index contributed by atoms with van der Waals surface area (Å²) < 4.78 is 1.59. The number of nitrogens with zero attached hydrogens (tertiary/aromatic N) is 3. The van der Waals surface area contributed by atoms with Crippen molar-refractivity contribution in [2.24, 2.45) is 0 Å². The Labute approximate surface area is 107 Å². The van der Waals surface area contributed by atoms with Crippen LogP contribution in [0.15, 0.2) is 6.20 Å². The minimum atomic E-state index is 0.00653. The molecule has 0 aliphatic carbocycles. The first-order chi connectivity index (χ1) is 8.54. The summed E-state index contributed by atoms with van der Waals surface area (Å²) in [6.45, 7) is 4.20. The topological polar surface area (TPSA) is 76.2 Å². The summed E-state index contributed by atoms with van der Waals surface area (Å²) in [5.41, 5.74) is 6.55. The normalized spacial score (nSPS) is 17.9. The maximum absolute atomic E-state index is 11.9. The van der Waals surface area contributed by atoms with Crippen LogP contribution >= 0.6 is 0 Å². The molecule has 0 spiro atoms. The number of hydrogen-bond acceptors (Lipinski definition) is 4. The number of amides is 1. The van der Waals surface area contributed by atoms with E-state index in [9.17, 15) is 4.79 Å². The van der Waals surface area contributed by atoms with Gasteiger partial charge in [-0.15, -0.1) is 0 Å². The SMILES string of the molecule is Cc1cn(CC(=O)NC2CCN(C)CC2)nc1N. The average Bonchev–Trinajstić information content (AvgIpc) is 2.61. The molecular weight excluding hydrogens is 230 g/mol. The van der Waals surface area contributed by atoms with Gasteiger partial charge in [0.05, 0.1) is 0 Å². The molecule has 0 saturated carbocycles. The third-order valence-electron chi connectivity index (χ3n) is 3.37. The van der Waals surface area contributed by atoms with Crippen molar-refractivity contribution >= 4 is 11.7 Å². The molecule has 1 aliphatic heterocycles. The average molecular weight is 251 g/mol. The van der Waals surface area contributed by atoms with E-state index in [0.717, 1.165) is 31.5 Å². The largest absolute Gasteiger partial charge is 0.382 e. The highest BCUT2D eigenvalue weighted by Crippen LogP contribution is 2.09. The van der Waals surface area contributed by atoms with Crippen LogP contribution in [-0.2, 0) is 11.3 Å². The number of aromatic nitrogens is 2. The maximum Gasteiger partial charge on any atom is 0.241 e. The Kier molecular flexibility index (Phi) is 3.86. The molecule has 0 bridgehead atoms. The van der Waals surface area contributed by atoms with Gasteiger partial charge in [0.2, 0.25) is 5.91 Å². The van der Waals surface area contributed by atoms with Crippen molar-refractivity contribution in [1.82, 2.24) is 20.0 Å². The van der Waals surface area contributed by atoms with Crippen LogP contribution in [0, 0.1) is 6.92 Å². The molecule has 6 nitrogen and oxygen atoms in total. The molecule has 3 N–H and O–H groups in total. The van der Waals surface area contributed by atoms with Crippen LogP contribution in [0.5, 0.6) is 0 Å². The van der Waals surface area contributed by atoms with Crippen LogP contribution in [0.3, 0.4) is 0 Å². The van der Waals surface area contributed by atoms with E-state index in [1.165, 1.54) is 0 Å². The van der Waals surface area contributed by atoms with Gasteiger partial charge in [-0.2, -0.15) is 5.10 Å². The lowest BCUT2D eigenvalue weighted by Gasteiger charge is -2.29. The first-order valence-corrected chi connectivity index (χ1v) is 6.32. The fraction of sp³-hybridized carbons (Fsp3) is 0.667. The molecule has 1 saturated heterocycles. The summed E-state index contributed by atoms with van der Waals surface area (Å²) in [6, 6.07) is 0.294. The van der Waals surface area contributed by atoms with Gasteiger partial charge in [-0.3, -0.25) is 9.48 Å². The monoisotopic (exact) mass is 251 g/mol. The van der Waals surface area contributed by atoms with Crippen molar-refractivity contribution in [2.75, 3.05) is 25.9 Å². The number of carbonyl (C=O) groups excluding carboxylic acids is 1. The molecule has 1 fully saturated rings. The number of piperidine rings is 1. The molecule has 1 aromatic rings. The van der Waals surface area contributed by atoms with Crippen molar-refractivity contribution in [3.8, 4) is 0 Å². The number of nitrogen functional groups attached to an aromatic ring is 1. The number of carbonyl (C=O) groups is 1. The van der Waals surface area contributed by atoms with Crippen molar-refractivity contribution in [3.63, 3.8) is 0 Å². The van der Waals surface area contributed by atoms with E-state index in [1.807, 2.05) is 6.92 Å². The van der Waals surface area contributed by atoms with E-state index in [2.05, 4.69) is 22.4 Å². The fourth-order valence-corrected chi connectivity index (χ4v) is 2.19. The molecule has 0 atom stereocenters. The molecule has 1 aliphatic rings. The van der Waals surface area contributed by atoms with Crippen LogP contribution in [-0.4, -0.2) is 46.8 Å². The van der Waals surface area contributed by atoms with Gasteiger partial charge in [0, 0.05) is 17.8 Å². The van der Waals surface area contributed by atoms with Crippen LogP contribution in [0.4, 0.5) is 5.82 Å². The fourth-order valence-electron chi connectivity index (χ4n) is 2.19. The molecule has 2 rings (SSSR count). The van der Waals surface area contributed by atoms with Gasteiger partial charge in [0.15, 0.2) is 0 Å². The van der Waals surface area contributed by atoms with Gasteiger partial charge in [0.1, 0.15) is 12.4 Å². The minimum absolute atomic E-state index is 0.00653. The van der Waals surface area contributed by atoms with Crippen LogP contribution in [0.2, 0.25) is 0 Å². The lowest BCUT2D eigenvalue weighted by molar-refractivity contribution is -0.122. The van der Waals surface area contributed by atoms with E-state index in [4.69, 9.17) is 5.73 Å². The van der Waals surface area contributed by atoms with Crippen LogP contribution < -0.4 is 11.1 Å². The first-order valence-electron chi connectivity index (χ1n) is 6.32. The number of nitrogens with one attached hydrogen (secondary N) is 1. The Morgan fingerprint density at radius 1 is 1.56 bits per heavy atom. The van der Waals surface area contributed by atoms with Gasteiger partial charge in [-0.1, -0.05) is 0 Å². The van der Waals surface area contributed by atoms with Crippen molar-refractivity contribution in [1.29, 1.82) is 0 Å². The summed E-state index contributed by atoms with van der Waals surface area (Å²) in [5, 5.41) is 7.13. The summed E-state index contributed by atoms with van der Waals surface area (Å²) in [4.78, 5) is 14.1. The maximum atomic E-state index is 11.9. The van der Waals surface area contributed by atoms with E-state index >= 15 is 0 Å². The second-order valence-electron chi connectivity index (χ2n) is 5.04. The highest BCUT2D eigenvalue weighted by Gasteiger charge is 2.18. The van der Waals surface area contributed by atoms with Crippen molar-refractivity contribution in [3.05, 3.63) is 11.8 Å². The lowest BCUT2D eigenvalue weighted by Crippen LogP contribution is -2.44. The molecule has 0 radical (unpaired) electrons. The second kappa shape index (κ2) is 5.39. The minimum Gasteiger partial charge on any atom is -0.382 e. The number of aryl methyl sites for hydroxylation is 1. The van der Waals surface area contributed by atoms with E-state index in [-0.39, 0.29) is 12.5 Å². The van der Waals surface area contributed by atoms with Crippen molar-refractivity contribution in [2.45, 2.75) is 32.4 Å². The molecular formula is C12H21N5O. The first kappa shape index (κ1) is 12.9. The third kappa shape index (κ3) is 3.22. The summed E-state index contributed by atoms with van der Waals surface area (Å²) in [6.07, 6.45) is 3.83. The molecule has 1 aromatic heterocycles. The molecule has 0 unspecified atom stereocenters. The van der Waals surface area contributed by atoms with E-state index in [0.29, 0.717) is 11.9 Å². The highest BCUT2D eigenvalue weighted by atomic mass is 16.2. The van der Waals surface area contributed by atoms with Gasteiger partial charge in [-0.05, 0) is 39.9 Å². The highest BCUT2D eigenvalue weighted by molar-refractivity contribution is 5.76. The van der Waals surface area contributed by atoms with Gasteiger partial charge in [0.25, 0.3) is 0 Å². The van der Waals surface area contributed by atoms with Crippen LogP contribution in [0.25, 0.3) is 0 Å². The Bertz CT molecular complexity index is 401. The van der Waals surface area contributed by atoms with Gasteiger partial charge in [-0.25, -0.2) is 0 Å². The molecule has 100 valence electrons. The summed E-state index contributed by atoms with van der Waals surface area (Å²) >= 11 is 0. The predicted octanol–water partition coefficient (Wildman–Crippen LogP) is -0.0159. The van der Waals surface area contributed by atoms with Gasteiger partial charge >= 0.3 is 0 Å². The van der Waals surface area contributed by atoms with Crippen molar-refractivity contribution < 1.29 is 4.79 Å². The molecule has 0 aromatic carbocycles. The van der Waals surface area contributed by atoms with E-state index in [1.54, 1.807) is 10.9 Å². The van der Waals surface area contributed by atoms with E-state index < -0.39 is 0 Å². The quantitative estimate of drug-likeness (QED) is 0.792. The zero-order valence-corrected chi connectivity index (χ0v) is 11.0. The molecule has 18 heavy (non-hydrogen) atoms. The number of hydrogen-bond donors (Lipinski definition) is 2. The lowest BCUT2D eigenvalue weighted by atomic mass is 10.1. The number of likely N-dealkylation sites (tertiary alicyclic amines) is 1. The molecule has 1 amide bonds. The van der Waals surface area contributed by atoms with Crippen LogP contribution in [0.1, 0.15) is 18.4 Å². The Hall–Kier alpha value is -1.56. The molecule has 2 heterocycles. The standard InChI is InChI=1S/C12H21N5O/c1-9-7-17(15-12(9)13)8-11(18)14-10-3-5-16(2)6-4-10/h7,10H,3-6,8H2,1-2H3,(H2,13,15)(H,14,18). The summed E-state index contributed by atoms with van der Waals surface area (Å²) in [7, 11) is 2.10.